The Morgan fingerprint density at radius 2 is 1.73 bits per heavy atom. The van der Waals surface area contributed by atoms with Gasteiger partial charge in [0.05, 0.1) is 19.6 Å². The molecule has 0 heterocycles. The van der Waals surface area contributed by atoms with Crippen molar-refractivity contribution in [2.24, 2.45) is 0 Å². The molecule has 138 valence electrons. The summed E-state index contributed by atoms with van der Waals surface area (Å²) in [6, 6.07) is 11.8. The normalized spacial score (nSPS) is 15.5. The molecule has 0 N–H and O–H groups in total. The zero-order chi connectivity index (χ0) is 18.7. The van der Waals surface area contributed by atoms with Crippen LogP contribution in [0, 0.1) is 5.82 Å². The first-order valence-corrected chi connectivity index (χ1v) is 8.78. The molecule has 0 saturated heterocycles. The number of methoxy groups -OCH3 is 2. The summed E-state index contributed by atoms with van der Waals surface area (Å²) in [6.07, 6.45) is 3.38. The summed E-state index contributed by atoms with van der Waals surface area (Å²) in [6.45, 7) is 0. The van der Waals surface area contributed by atoms with Crippen LogP contribution in [0.25, 0.3) is 0 Å². The fourth-order valence-electron chi connectivity index (χ4n) is 3.86. The summed E-state index contributed by atoms with van der Waals surface area (Å²) in [5.41, 5.74) is 0.798. The topological polar surface area (TPSA) is 38.8 Å². The highest BCUT2D eigenvalue weighted by Gasteiger charge is 2.44. The zero-order valence-corrected chi connectivity index (χ0v) is 15.4. The fourth-order valence-corrected chi connectivity index (χ4v) is 3.86. The molecule has 0 aromatic heterocycles. The minimum Gasteiger partial charge on any atom is -0.493 e. The van der Waals surface area contributed by atoms with Gasteiger partial charge in [-0.2, -0.15) is 0 Å². The largest absolute Gasteiger partial charge is 0.493 e. The smallest absolute Gasteiger partial charge is 0.237 e. The number of anilines is 1. The molecule has 0 radical (unpaired) electrons. The quantitative estimate of drug-likeness (QED) is 0.800. The number of amides is 1. The molecule has 2 aromatic carbocycles. The second kappa shape index (κ2) is 7.36. The van der Waals surface area contributed by atoms with Gasteiger partial charge in [0, 0.05) is 18.8 Å². The van der Waals surface area contributed by atoms with Gasteiger partial charge in [-0.1, -0.05) is 25.0 Å². The summed E-state index contributed by atoms with van der Waals surface area (Å²) in [5, 5.41) is 0. The van der Waals surface area contributed by atoms with Gasteiger partial charge in [-0.3, -0.25) is 4.79 Å². The van der Waals surface area contributed by atoms with E-state index in [0.717, 1.165) is 36.9 Å². The number of likely N-dealkylation sites (N-methyl/N-ethyl adjacent to an activating group) is 1. The summed E-state index contributed by atoms with van der Waals surface area (Å²) in [5.74, 6) is 0.844. The summed E-state index contributed by atoms with van der Waals surface area (Å²) in [7, 11) is 4.89. The maximum atomic E-state index is 13.8. The number of carbonyl (C=O) groups is 1. The van der Waals surface area contributed by atoms with Crippen molar-refractivity contribution in [1.82, 2.24) is 0 Å². The highest BCUT2D eigenvalue weighted by molar-refractivity contribution is 6.01. The van der Waals surface area contributed by atoms with E-state index >= 15 is 0 Å². The van der Waals surface area contributed by atoms with E-state index in [1.54, 1.807) is 44.4 Å². The predicted octanol–water partition coefficient (Wildman–Crippen LogP) is 4.32. The van der Waals surface area contributed by atoms with Crippen molar-refractivity contribution in [3.05, 3.63) is 53.8 Å². The number of nitrogens with zero attached hydrogens (tertiary/aromatic N) is 1. The molecular formula is C21H24FNO3. The molecule has 26 heavy (non-hydrogen) atoms. The lowest BCUT2D eigenvalue weighted by Crippen LogP contribution is -2.44. The highest BCUT2D eigenvalue weighted by Crippen LogP contribution is 2.43. The van der Waals surface area contributed by atoms with Crippen LogP contribution < -0.4 is 14.4 Å². The Hall–Kier alpha value is -2.56. The van der Waals surface area contributed by atoms with Crippen molar-refractivity contribution in [2.45, 2.75) is 31.1 Å². The zero-order valence-electron chi connectivity index (χ0n) is 15.4. The first kappa shape index (κ1) is 18.2. The van der Waals surface area contributed by atoms with Crippen LogP contribution >= 0.6 is 0 Å². The number of hydrogen-bond acceptors (Lipinski definition) is 3. The maximum absolute atomic E-state index is 13.8. The van der Waals surface area contributed by atoms with Gasteiger partial charge in [0.1, 0.15) is 5.82 Å². The highest BCUT2D eigenvalue weighted by atomic mass is 19.1. The third-order valence-corrected chi connectivity index (χ3v) is 5.30. The molecule has 1 amide bonds. The molecule has 0 bridgehead atoms. The van der Waals surface area contributed by atoms with E-state index in [1.165, 1.54) is 12.1 Å². The average molecular weight is 357 g/mol. The fraction of sp³-hybridized carbons (Fsp3) is 0.381. The van der Waals surface area contributed by atoms with Crippen LogP contribution in [0.5, 0.6) is 11.5 Å². The van der Waals surface area contributed by atoms with Gasteiger partial charge >= 0.3 is 0 Å². The number of carbonyl (C=O) groups excluding carboxylic acids is 1. The summed E-state index contributed by atoms with van der Waals surface area (Å²) < 4.78 is 24.4. The lowest BCUT2D eigenvalue weighted by Gasteiger charge is -2.33. The number of rotatable bonds is 5. The van der Waals surface area contributed by atoms with Gasteiger partial charge in [0.25, 0.3) is 0 Å². The van der Waals surface area contributed by atoms with Crippen LogP contribution in [-0.2, 0) is 10.2 Å². The van der Waals surface area contributed by atoms with E-state index in [4.69, 9.17) is 9.47 Å². The van der Waals surface area contributed by atoms with Gasteiger partial charge < -0.3 is 14.4 Å². The van der Waals surface area contributed by atoms with E-state index in [-0.39, 0.29) is 11.7 Å². The van der Waals surface area contributed by atoms with Gasteiger partial charge in [-0.25, -0.2) is 4.39 Å². The number of hydrogen-bond donors (Lipinski definition) is 0. The molecule has 1 fully saturated rings. The lowest BCUT2D eigenvalue weighted by atomic mass is 9.77. The molecule has 5 heteroatoms. The second-order valence-electron chi connectivity index (χ2n) is 6.70. The van der Waals surface area contributed by atoms with Crippen LogP contribution in [0.4, 0.5) is 10.1 Å². The van der Waals surface area contributed by atoms with Crippen LogP contribution in [0.2, 0.25) is 0 Å². The average Bonchev–Trinajstić information content (AvgIpc) is 3.17. The first-order valence-electron chi connectivity index (χ1n) is 8.78. The Morgan fingerprint density at radius 3 is 2.35 bits per heavy atom. The number of benzene rings is 2. The predicted molar refractivity (Wildman–Crippen MR) is 99.5 cm³/mol. The minimum atomic E-state index is -0.677. The Bertz CT molecular complexity index is 800. The summed E-state index contributed by atoms with van der Waals surface area (Å²) in [4.78, 5) is 15.1. The van der Waals surface area contributed by atoms with Gasteiger partial charge in [-0.15, -0.1) is 0 Å². The van der Waals surface area contributed by atoms with E-state index in [9.17, 15) is 9.18 Å². The van der Waals surface area contributed by atoms with Gasteiger partial charge in [0.15, 0.2) is 11.5 Å². The molecule has 0 atom stereocenters. The molecule has 4 nitrogen and oxygen atoms in total. The van der Waals surface area contributed by atoms with E-state index in [0.29, 0.717) is 11.5 Å². The Balaban J connectivity index is 1.98. The van der Waals surface area contributed by atoms with E-state index < -0.39 is 5.41 Å². The molecule has 2 aromatic rings. The van der Waals surface area contributed by atoms with Crippen LogP contribution in [0.3, 0.4) is 0 Å². The van der Waals surface area contributed by atoms with Crippen molar-refractivity contribution in [1.29, 1.82) is 0 Å². The molecular weight excluding hydrogens is 333 g/mol. The lowest BCUT2D eigenvalue weighted by molar-refractivity contribution is -0.123. The molecule has 0 aliphatic heterocycles. The SMILES string of the molecule is COc1ccc(N(C)C(=O)C2(c3cccc(F)c3)CCCC2)cc1OC. The van der Waals surface area contributed by atoms with Crippen molar-refractivity contribution in [2.75, 3.05) is 26.2 Å². The van der Waals surface area contributed by atoms with Crippen molar-refractivity contribution < 1.29 is 18.7 Å². The van der Waals surface area contributed by atoms with Crippen molar-refractivity contribution >= 4 is 11.6 Å². The van der Waals surface area contributed by atoms with Crippen molar-refractivity contribution in [3.8, 4) is 11.5 Å². The van der Waals surface area contributed by atoms with E-state index in [1.807, 2.05) is 12.1 Å². The van der Waals surface area contributed by atoms with Gasteiger partial charge in [-0.05, 0) is 42.7 Å². The summed E-state index contributed by atoms with van der Waals surface area (Å²) >= 11 is 0. The van der Waals surface area contributed by atoms with Crippen LogP contribution in [0.1, 0.15) is 31.2 Å². The molecule has 1 aliphatic rings. The monoisotopic (exact) mass is 357 g/mol. The third-order valence-electron chi connectivity index (χ3n) is 5.30. The molecule has 1 saturated carbocycles. The number of ether oxygens (including phenoxy) is 2. The molecule has 0 spiro atoms. The van der Waals surface area contributed by atoms with Crippen LogP contribution in [0.15, 0.2) is 42.5 Å². The third kappa shape index (κ3) is 3.14. The second-order valence-corrected chi connectivity index (χ2v) is 6.70. The first-order chi connectivity index (χ1) is 12.5. The minimum absolute atomic E-state index is 0.0205. The van der Waals surface area contributed by atoms with E-state index in [2.05, 4.69) is 0 Å². The maximum Gasteiger partial charge on any atom is 0.237 e. The van der Waals surface area contributed by atoms with Crippen LogP contribution in [-0.4, -0.2) is 27.2 Å². The Kier molecular flexibility index (Phi) is 5.16. The standard InChI is InChI=1S/C21H24FNO3/c1-23(17-9-10-18(25-2)19(14-17)26-3)20(24)21(11-4-5-12-21)15-7-6-8-16(22)13-15/h6-10,13-14H,4-5,11-12H2,1-3H3. The molecule has 1 aliphatic carbocycles. The molecule has 0 unspecified atom stereocenters. The Morgan fingerprint density at radius 1 is 1.04 bits per heavy atom. The van der Waals surface area contributed by atoms with Gasteiger partial charge in [0.2, 0.25) is 5.91 Å². The molecule has 3 rings (SSSR count). The number of halogens is 1. The Labute approximate surface area is 153 Å². The van der Waals surface area contributed by atoms with Crippen molar-refractivity contribution in [3.63, 3.8) is 0 Å².